The Morgan fingerprint density at radius 2 is 1.95 bits per heavy atom. The van der Waals surface area contributed by atoms with Gasteiger partial charge in [-0.25, -0.2) is 0 Å². The second kappa shape index (κ2) is 5.51. The second-order valence-electron chi connectivity index (χ2n) is 5.18. The van der Waals surface area contributed by atoms with Crippen LogP contribution in [0.5, 0.6) is 5.75 Å². The van der Waals surface area contributed by atoms with Gasteiger partial charge in [-0.3, -0.25) is 4.79 Å². The summed E-state index contributed by atoms with van der Waals surface area (Å²) in [5.41, 5.74) is 0.577. The molecule has 0 N–H and O–H groups in total. The largest absolute Gasteiger partial charge is 0.484 e. The van der Waals surface area contributed by atoms with Gasteiger partial charge in [0.2, 0.25) is 0 Å². The summed E-state index contributed by atoms with van der Waals surface area (Å²) in [6.45, 7) is 1.38. The molecule has 2 heterocycles. The molecule has 2 fully saturated rings. The third-order valence-electron chi connectivity index (χ3n) is 3.74. The van der Waals surface area contributed by atoms with Crippen LogP contribution in [-0.4, -0.2) is 42.7 Å². The van der Waals surface area contributed by atoms with E-state index in [1.807, 2.05) is 11.0 Å². The smallest absolute Gasteiger partial charge is 0.260 e. The van der Waals surface area contributed by atoms with Crippen LogP contribution in [0.3, 0.4) is 0 Å². The zero-order valence-electron chi connectivity index (χ0n) is 11.1. The third kappa shape index (κ3) is 2.75. The number of carbonyl (C=O) groups is 1. The Balaban J connectivity index is 1.52. The van der Waals surface area contributed by atoms with E-state index in [2.05, 4.69) is 0 Å². The highest BCUT2D eigenvalue weighted by molar-refractivity contribution is 5.78. The van der Waals surface area contributed by atoms with Crippen LogP contribution in [0.25, 0.3) is 0 Å². The number of amides is 1. The van der Waals surface area contributed by atoms with E-state index in [1.54, 1.807) is 24.3 Å². The first kappa shape index (κ1) is 12.9. The molecule has 2 bridgehead atoms. The standard InChI is InChI=1S/C15H16N2O3/c16-7-11-1-3-12(4-2-11)19-10-15(18)17-8-13-5-6-14(9-17)20-13/h1-4,13-14H,5-6,8-10H2. The van der Waals surface area contributed by atoms with Crippen LogP contribution in [0.1, 0.15) is 18.4 Å². The van der Waals surface area contributed by atoms with Crippen molar-refractivity contribution in [2.24, 2.45) is 0 Å². The lowest BCUT2D eigenvalue weighted by Gasteiger charge is -2.32. The molecular formula is C15H16N2O3. The van der Waals surface area contributed by atoms with Crippen LogP contribution in [0.4, 0.5) is 0 Å². The molecule has 0 radical (unpaired) electrons. The number of fused-ring (bicyclic) bond motifs is 2. The van der Waals surface area contributed by atoms with Crippen molar-refractivity contribution in [3.05, 3.63) is 29.8 Å². The molecule has 2 atom stereocenters. The van der Waals surface area contributed by atoms with Crippen LogP contribution in [0, 0.1) is 11.3 Å². The van der Waals surface area contributed by atoms with Crippen LogP contribution >= 0.6 is 0 Å². The Bertz CT molecular complexity index is 523. The number of likely N-dealkylation sites (tertiary alicyclic amines) is 1. The highest BCUT2D eigenvalue weighted by atomic mass is 16.5. The molecule has 2 aliphatic heterocycles. The van der Waals surface area contributed by atoms with Gasteiger partial charge in [-0.2, -0.15) is 5.26 Å². The molecule has 20 heavy (non-hydrogen) atoms. The van der Waals surface area contributed by atoms with Gasteiger partial charge in [0.1, 0.15) is 5.75 Å². The average Bonchev–Trinajstić information content (AvgIpc) is 2.83. The van der Waals surface area contributed by atoms with Crippen LogP contribution in [-0.2, 0) is 9.53 Å². The summed E-state index contributed by atoms with van der Waals surface area (Å²) in [4.78, 5) is 13.9. The Morgan fingerprint density at radius 3 is 2.55 bits per heavy atom. The molecule has 1 aromatic carbocycles. The van der Waals surface area contributed by atoms with Gasteiger partial charge in [0.25, 0.3) is 5.91 Å². The van der Waals surface area contributed by atoms with Crippen molar-refractivity contribution in [2.45, 2.75) is 25.0 Å². The lowest BCUT2D eigenvalue weighted by atomic mass is 10.2. The molecule has 2 aliphatic rings. The second-order valence-corrected chi connectivity index (χ2v) is 5.18. The lowest BCUT2D eigenvalue weighted by molar-refractivity contribution is -0.141. The summed E-state index contributed by atoms with van der Waals surface area (Å²) in [6.07, 6.45) is 2.50. The van der Waals surface area contributed by atoms with E-state index >= 15 is 0 Å². The van der Waals surface area contributed by atoms with E-state index in [1.165, 1.54) is 0 Å². The minimum Gasteiger partial charge on any atom is -0.484 e. The molecule has 1 amide bonds. The number of nitrogens with zero attached hydrogens (tertiary/aromatic N) is 2. The SMILES string of the molecule is N#Cc1ccc(OCC(=O)N2CC3CCC(C2)O3)cc1. The average molecular weight is 272 g/mol. The molecule has 1 aromatic rings. The fraction of sp³-hybridized carbons (Fsp3) is 0.467. The Morgan fingerprint density at radius 1 is 1.30 bits per heavy atom. The first-order chi connectivity index (χ1) is 9.74. The molecule has 2 unspecified atom stereocenters. The van der Waals surface area contributed by atoms with Crippen molar-refractivity contribution in [3.8, 4) is 11.8 Å². The quantitative estimate of drug-likeness (QED) is 0.832. The zero-order chi connectivity index (χ0) is 13.9. The van der Waals surface area contributed by atoms with Crippen LogP contribution < -0.4 is 4.74 Å². The van der Waals surface area contributed by atoms with Gasteiger partial charge in [0.05, 0.1) is 23.8 Å². The Kier molecular flexibility index (Phi) is 3.57. The van der Waals surface area contributed by atoms with Gasteiger partial charge in [-0.05, 0) is 37.1 Å². The highest BCUT2D eigenvalue weighted by Crippen LogP contribution is 2.26. The maximum atomic E-state index is 12.1. The number of morpholine rings is 1. The van der Waals surface area contributed by atoms with Crippen molar-refractivity contribution in [3.63, 3.8) is 0 Å². The molecule has 2 saturated heterocycles. The van der Waals surface area contributed by atoms with Gasteiger partial charge in [0.15, 0.2) is 6.61 Å². The number of hydrogen-bond acceptors (Lipinski definition) is 4. The number of nitriles is 1. The van der Waals surface area contributed by atoms with Gasteiger partial charge in [0, 0.05) is 13.1 Å². The fourth-order valence-electron chi connectivity index (χ4n) is 2.68. The molecule has 5 heteroatoms. The summed E-state index contributed by atoms with van der Waals surface area (Å²) in [5, 5.41) is 8.71. The van der Waals surface area contributed by atoms with Crippen LogP contribution in [0.15, 0.2) is 24.3 Å². The van der Waals surface area contributed by atoms with Crippen molar-refractivity contribution >= 4 is 5.91 Å². The van der Waals surface area contributed by atoms with Gasteiger partial charge >= 0.3 is 0 Å². The molecule has 0 aromatic heterocycles. The van der Waals surface area contributed by atoms with E-state index in [0.717, 1.165) is 12.8 Å². The summed E-state index contributed by atoms with van der Waals surface area (Å²) in [7, 11) is 0. The monoisotopic (exact) mass is 272 g/mol. The predicted molar refractivity (Wildman–Crippen MR) is 71.1 cm³/mol. The van der Waals surface area contributed by atoms with Crippen molar-refractivity contribution < 1.29 is 14.3 Å². The normalized spacial score (nSPS) is 24.2. The highest BCUT2D eigenvalue weighted by Gasteiger charge is 2.35. The summed E-state index contributed by atoms with van der Waals surface area (Å²) >= 11 is 0. The summed E-state index contributed by atoms with van der Waals surface area (Å²) in [6, 6.07) is 8.80. The predicted octanol–water partition coefficient (Wildman–Crippen LogP) is 1.33. The van der Waals surface area contributed by atoms with E-state index in [9.17, 15) is 4.79 Å². The van der Waals surface area contributed by atoms with Gasteiger partial charge < -0.3 is 14.4 Å². The minimum absolute atomic E-state index is 0.00504. The number of hydrogen-bond donors (Lipinski definition) is 0. The fourth-order valence-corrected chi connectivity index (χ4v) is 2.68. The zero-order valence-corrected chi connectivity index (χ0v) is 11.1. The molecule has 104 valence electrons. The summed E-state index contributed by atoms with van der Waals surface area (Å²) < 4.78 is 11.2. The van der Waals surface area contributed by atoms with Gasteiger partial charge in [-0.15, -0.1) is 0 Å². The molecule has 0 spiro atoms. The van der Waals surface area contributed by atoms with E-state index in [-0.39, 0.29) is 24.7 Å². The Labute approximate surface area is 117 Å². The lowest BCUT2D eigenvalue weighted by Crippen LogP contribution is -2.47. The van der Waals surface area contributed by atoms with Crippen molar-refractivity contribution in [1.29, 1.82) is 5.26 Å². The van der Waals surface area contributed by atoms with Crippen molar-refractivity contribution in [1.82, 2.24) is 4.90 Å². The van der Waals surface area contributed by atoms with E-state index in [0.29, 0.717) is 24.4 Å². The number of ether oxygens (including phenoxy) is 2. The number of rotatable bonds is 3. The van der Waals surface area contributed by atoms with Crippen LogP contribution in [0.2, 0.25) is 0 Å². The maximum absolute atomic E-state index is 12.1. The molecule has 0 saturated carbocycles. The third-order valence-corrected chi connectivity index (χ3v) is 3.74. The Hall–Kier alpha value is -2.06. The number of benzene rings is 1. The summed E-state index contributed by atoms with van der Waals surface area (Å²) in [5.74, 6) is 0.600. The first-order valence-electron chi connectivity index (χ1n) is 6.81. The molecule has 5 nitrogen and oxygen atoms in total. The van der Waals surface area contributed by atoms with E-state index in [4.69, 9.17) is 14.7 Å². The van der Waals surface area contributed by atoms with Crippen molar-refractivity contribution in [2.75, 3.05) is 19.7 Å². The topological polar surface area (TPSA) is 62.6 Å². The molecule has 0 aliphatic carbocycles. The molecule has 3 rings (SSSR count). The maximum Gasteiger partial charge on any atom is 0.260 e. The first-order valence-corrected chi connectivity index (χ1v) is 6.81. The minimum atomic E-state index is -0.00504. The number of carbonyl (C=O) groups excluding carboxylic acids is 1. The van der Waals surface area contributed by atoms with E-state index < -0.39 is 0 Å². The van der Waals surface area contributed by atoms with Gasteiger partial charge in [-0.1, -0.05) is 0 Å². The molecular weight excluding hydrogens is 256 g/mol.